The fourth-order valence-electron chi connectivity index (χ4n) is 2.16. The first-order chi connectivity index (χ1) is 8.38. The molecule has 0 aliphatic carbocycles. The van der Waals surface area contributed by atoms with Crippen molar-refractivity contribution in [3.63, 3.8) is 0 Å². The maximum Gasteiger partial charge on any atom is 0.0991 e. The molecule has 1 N–H and O–H groups in total. The molecule has 1 saturated heterocycles. The summed E-state index contributed by atoms with van der Waals surface area (Å²) in [6.45, 7) is 1.12. The quantitative estimate of drug-likeness (QED) is 0.841. The average molecular weight is 226 g/mol. The Bertz CT molecular complexity index is 421. The molecule has 1 aliphatic rings. The smallest absolute Gasteiger partial charge is 0.0991 e. The third kappa shape index (κ3) is 3.72. The molecule has 0 radical (unpaired) electrons. The number of nitrogens with zero attached hydrogens (tertiary/aromatic N) is 1. The number of benzene rings is 1. The lowest BCUT2D eigenvalue weighted by Gasteiger charge is -2.10. The Hall–Kier alpha value is -1.59. The predicted octanol–water partition coefficient (Wildman–Crippen LogP) is 3.10. The molecule has 1 aromatic rings. The second-order valence-corrected chi connectivity index (χ2v) is 4.51. The van der Waals surface area contributed by atoms with Crippen molar-refractivity contribution in [1.82, 2.24) is 5.32 Å². The van der Waals surface area contributed by atoms with Gasteiger partial charge in [-0.3, -0.25) is 0 Å². The monoisotopic (exact) mass is 226 g/mol. The fraction of sp³-hybridized carbons (Fsp3) is 0.400. The summed E-state index contributed by atoms with van der Waals surface area (Å²) in [6.07, 6.45) is 9.48. The minimum absolute atomic E-state index is 0.489. The van der Waals surface area contributed by atoms with Crippen LogP contribution < -0.4 is 5.32 Å². The van der Waals surface area contributed by atoms with Gasteiger partial charge in [-0.15, -0.1) is 0 Å². The van der Waals surface area contributed by atoms with Crippen molar-refractivity contribution < 1.29 is 0 Å². The van der Waals surface area contributed by atoms with Gasteiger partial charge in [0, 0.05) is 6.04 Å². The van der Waals surface area contributed by atoms with Crippen LogP contribution in [0.5, 0.6) is 0 Å². The van der Waals surface area contributed by atoms with E-state index in [1.54, 1.807) is 0 Å². The topological polar surface area (TPSA) is 35.8 Å². The van der Waals surface area contributed by atoms with Crippen molar-refractivity contribution in [2.75, 3.05) is 6.54 Å². The van der Waals surface area contributed by atoms with E-state index in [-0.39, 0.29) is 0 Å². The van der Waals surface area contributed by atoms with Crippen LogP contribution in [0.3, 0.4) is 0 Å². The first kappa shape index (κ1) is 11.9. The molecule has 2 rings (SSSR count). The molecule has 1 fully saturated rings. The van der Waals surface area contributed by atoms with Crippen LogP contribution in [0.1, 0.15) is 36.8 Å². The van der Waals surface area contributed by atoms with Crippen molar-refractivity contribution >= 4 is 6.08 Å². The van der Waals surface area contributed by atoms with Gasteiger partial charge in [-0.2, -0.15) is 5.26 Å². The van der Waals surface area contributed by atoms with Gasteiger partial charge in [0.2, 0.25) is 0 Å². The fourth-order valence-corrected chi connectivity index (χ4v) is 2.16. The summed E-state index contributed by atoms with van der Waals surface area (Å²) in [5.41, 5.74) is 1.83. The van der Waals surface area contributed by atoms with Crippen LogP contribution in [-0.2, 0) is 0 Å². The number of nitrogens with one attached hydrogen (secondary N) is 1. The van der Waals surface area contributed by atoms with E-state index in [2.05, 4.69) is 23.5 Å². The van der Waals surface area contributed by atoms with Gasteiger partial charge in [0.25, 0.3) is 0 Å². The summed E-state index contributed by atoms with van der Waals surface area (Å²) in [7, 11) is 0. The van der Waals surface area contributed by atoms with E-state index in [9.17, 15) is 0 Å². The molecule has 17 heavy (non-hydrogen) atoms. The highest BCUT2D eigenvalue weighted by Crippen LogP contribution is 2.12. The Balaban J connectivity index is 2.01. The summed E-state index contributed by atoms with van der Waals surface area (Å²) in [4.78, 5) is 0. The Labute approximate surface area is 103 Å². The van der Waals surface area contributed by atoms with E-state index in [4.69, 9.17) is 5.26 Å². The van der Waals surface area contributed by atoms with Crippen molar-refractivity contribution in [2.45, 2.75) is 31.7 Å². The number of hydrogen-bond donors (Lipinski definition) is 1. The maximum atomic E-state index is 8.83. The van der Waals surface area contributed by atoms with E-state index in [0.717, 1.165) is 17.7 Å². The predicted molar refractivity (Wildman–Crippen MR) is 70.4 cm³/mol. The molecule has 0 bridgehead atoms. The van der Waals surface area contributed by atoms with Gasteiger partial charge in [-0.05, 0) is 37.1 Å². The van der Waals surface area contributed by atoms with Crippen LogP contribution in [0, 0.1) is 11.3 Å². The molecule has 0 spiro atoms. The van der Waals surface area contributed by atoms with E-state index in [1.807, 2.05) is 24.3 Å². The van der Waals surface area contributed by atoms with E-state index in [0.29, 0.717) is 6.04 Å². The summed E-state index contributed by atoms with van der Waals surface area (Å²) in [5.74, 6) is 0. The summed E-state index contributed by atoms with van der Waals surface area (Å²) in [5, 5.41) is 12.4. The SMILES string of the molecule is N#Cc1cccc(/C=C/C2CCCCCN2)c1. The van der Waals surface area contributed by atoms with Gasteiger partial charge in [0.1, 0.15) is 0 Å². The Kier molecular flexibility index (Phi) is 4.35. The lowest BCUT2D eigenvalue weighted by molar-refractivity contribution is 0.599. The molecule has 88 valence electrons. The molecule has 2 nitrogen and oxygen atoms in total. The standard InChI is InChI=1S/C15H18N2/c16-12-14-6-4-5-13(11-14)8-9-15-7-2-1-3-10-17-15/h4-6,8-9,11,15,17H,1-3,7,10H2/b9-8+. The number of hydrogen-bond acceptors (Lipinski definition) is 2. The van der Waals surface area contributed by atoms with Crippen molar-refractivity contribution in [3.8, 4) is 6.07 Å². The molecule has 0 aromatic heterocycles. The summed E-state index contributed by atoms with van der Waals surface area (Å²) in [6, 6.07) is 10.4. The summed E-state index contributed by atoms with van der Waals surface area (Å²) >= 11 is 0. The van der Waals surface area contributed by atoms with Crippen LogP contribution >= 0.6 is 0 Å². The van der Waals surface area contributed by atoms with E-state index in [1.165, 1.54) is 25.7 Å². The summed E-state index contributed by atoms with van der Waals surface area (Å²) < 4.78 is 0. The molecule has 0 amide bonds. The second-order valence-electron chi connectivity index (χ2n) is 4.51. The lowest BCUT2D eigenvalue weighted by atomic mass is 10.1. The maximum absolute atomic E-state index is 8.83. The van der Waals surface area contributed by atoms with E-state index >= 15 is 0 Å². The van der Waals surface area contributed by atoms with Crippen LogP contribution in [0.4, 0.5) is 0 Å². The lowest BCUT2D eigenvalue weighted by Crippen LogP contribution is -2.25. The molecule has 2 heteroatoms. The van der Waals surface area contributed by atoms with Gasteiger partial charge >= 0.3 is 0 Å². The normalized spacial score (nSPS) is 21.0. The highest BCUT2D eigenvalue weighted by atomic mass is 14.9. The van der Waals surface area contributed by atoms with Crippen LogP contribution in [0.25, 0.3) is 6.08 Å². The zero-order chi connectivity index (χ0) is 11.9. The van der Waals surface area contributed by atoms with Crippen molar-refractivity contribution in [3.05, 3.63) is 41.5 Å². The van der Waals surface area contributed by atoms with Gasteiger partial charge in [0.15, 0.2) is 0 Å². The highest BCUT2D eigenvalue weighted by Gasteiger charge is 2.07. The Morgan fingerprint density at radius 3 is 3.12 bits per heavy atom. The largest absolute Gasteiger partial charge is 0.311 e. The van der Waals surface area contributed by atoms with Gasteiger partial charge in [-0.25, -0.2) is 0 Å². The second kappa shape index (κ2) is 6.22. The molecular formula is C15H18N2. The molecule has 1 heterocycles. The minimum Gasteiger partial charge on any atom is -0.311 e. The molecule has 1 aliphatic heterocycles. The molecule has 0 saturated carbocycles. The first-order valence-corrected chi connectivity index (χ1v) is 6.30. The molecule has 1 unspecified atom stereocenters. The van der Waals surface area contributed by atoms with E-state index < -0.39 is 0 Å². The molecule has 1 aromatic carbocycles. The van der Waals surface area contributed by atoms with Crippen molar-refractivity contribution in [1.29, 1.82) is 5.26 Å². The van der Waals surface area contributed by atoms with Gasteiger partial charge in [0.05, 0.1) is 11.6 Å². The van der Waals surface area contributed by atoms with Gasteiger partial charge in [-0.1, -0.05) is 37.1 Å². The minimum atomic E-state index is 0.489. The van der Waals surface area contributed by atoms with Gasteiger partial charge < -0.3 is 5.32 Å². The van der Waals surface area contributed by atoms with Crippen molar-refractivity contribution in [2.24, 2.45) is 0 Å². The number of nitriles is 1. The van der Waals surface area contributed by atoms with Crippen LogP contribution in [0.2, 0.25) is 0 Å². The van der Waals surface area contributed by atoms with Crippen LogP contribution in [-0.4, -0.2) is 12.6 Å². The average Bonchev–Trinajstić information content (AvgIpc) is 2.65. The highest BCUT2D eigenvalue weighted by molar-refractivity contribution is 5.52. The van der Waals surface area contributed by atoms with Crippen LogP contribution in [0.15, 0.2) is 30.3 Å². The Morgan fingerprint density at radius 2 is 2.24 bits per heavy atom. The zero-order valence-electron chi connectivity index (χ0n) is 10.0. The third-order valence-corrected chi connectivity index (χ3v) is 3.14. The zero-order valence-corrected chi connectivity index (χ0v) is 10.0. The first-order valence-electron chi connectivity index (χ1n) is 6.30. The molecular weight excluding hydrogens is 208 g/mol. The molecule has 1 atom stereocenters. The Morgan fingerprint density at radius 1 is 1.29 bits per heavy atom. The number of rotatable bonds is 2. The third-order valence-electron chi connectivity index (χ3n) is 3.14.